The van der Waals surface area contributed by atoms with E-state index in [2.05, 4.69) is 15.2 Å². The van der Waals surface area contributed by atoms with Crippen LogP contribution in [0.2, 0.25) is 0 Å². The SMILES string of the molecule is CCOC(=O)CC(C1CC1(F)F)n1cc(-c2nc(-c3cnn(C)c3)cc3nccn23)cn1. The Balaban J connectivity index is 1.53. The van der Waals surface area contributed by atoms with Crippen LogP contribution in [0.4, 0.5) is 8.78 Å². The molecule has 32 heavy (non-hydrogen) atoms. The number of alkyl halides is 2. The van der Waals surface area contributed by atoms with Gasteiger partial charge < -0.3 is 4.74 Å². The van der Waals surface area contributed by atoms with E-state index >= 15 is 0 Å². The number of nitrogens with zero attached hydrogens (tertiary/aromatic N) is 7. The Hall–Kier alpha value is -3.63. The maximum atomic E-state index is 13.9. The second-order valence-corrected chi connectivity index (χ2v) is 7.88. The molecule has 11 heteroatoms. The Kier molecular flexibility index (Phi) is 4.75. The standard InChI is InChI=1S/C21H21F2N7O2/c1-3-32-19(31)7-17(15-8-21(15,22)23)30-12-14(10-26-30)20-27-16(13-9-25-28(2)11-13)6-18-24-4-5-29(18)20/h4-6,9-12,15,17H,3,7-8H2,1-2H3. The molecule has 9 nitrogen and oxygen atoms in total. The molecule has 0 radical (unpaired) electrons. The number of aryl methyl sites for hydroxylation is 1. The fourth-order valence-electron chi connectivity index (χ4n) is 3.93. The van der Waals surface area contributed by atoms with Crippen molar-refractivity contribution in [2.75, 3.05) is 6.61 Å². The molecule has 5 rings (SSSR count). The van der Waals surface area contributed by atoms with Crippen molar-refractivity contribution < 1.29 is 18.3 Å². The van der Waals surface area contributed by atoms with Crippen LogP contribution in [-0.4, -0.2) is 52.4 Å². The molecule has 0 spiro atoms. The molecule has 166 valence electrons. The lowest BCUT2D eigenvalue weighted by Crippen LogP contribution is -2.20. The topological polar surface area (TPSA) is 92.1 Å². The van der Waals surface area contributed by atoms with E-state index in [1.807, 2.05) is 19.3 Å². The number of ether oxygens (including phenoxy) is 1. The van der Waals surface area contributed by atoms with Crippen LogP contribution in [0.5, 0.6) is 0 Å². The molecule has 2 unspecified atom stereocenters. The lowest BCUT2D eigenvalue weighted by atomic mass is 10.1. The van der Waals surface area contributed by atoms with Crippen molar-refractivity contribution in [1.29, 1.82) is 0 Å². The first-order valence-electron chi connectivity index (χ1n) is 10.3. The minimum Gasteiger partial charge on any atom is -0.466 e. The van der Waals surface area contributed by atoms with Gasteiger partial charge in [0.05, 0.1) is 48.6 Å². The van der Waals surface area contributed by atoms with Gasteiger partial charge in [0.15, 0.2) is 0 Å². The van der Waals surface area contributed by atoms with Crippen molar-refractivity contribution >= 4 is 11.6 Å². The molecule has 0 saturated heterocycles. The van der Waals surface area contributed by atoms with Crippen LogP contribution in [0.15, 0.2) is 43.2 Å². The summed E-state index contributed by atoms with van der Waals surface area (Å²) in [4.78, 5) is 21.2. The van der Waals surface area contributed by atoms with E-state index in [9.17, 15) is 13.6 Å². The number of fused-ring (bicyclic) bond motifs is 1. The van der Waals surface area contributed by atoms with Crippen LogP contribution in [0, 0.1) is 5.92 Å². The van der Waals surface area contributed by atoms with Crippen LogP contribution in [-0.2, 0) is 16.6 Å². The smallest absolute Gasteiger partial charge is 0.307 e. The van der Waals surface area contributed by atoms with E-state index in [-0.39, 0.29) is 19.4 Å². The predicted molar refractivity (Wildman–Crippen MR) is 110 cm³/mol. The highest BCUT2D eigenvalue weighted by Gasteiger charge is 2.61. The molecule has 0 bridgehead atoms. The van der Waals surface area contributed by atoms with E-state index in [0.29, 0.717) is 22.7 Å². The maximum absolute atomic E-state index is 13.9. The molecule has 0 N–H and O–H groups in total. The Morgan fingerprint density at radius 1 is 1.28 bits per heavy atom. The van der Waals surface area contributed by atoms with Crippen LogP contribution in [0.1, 0.15) is 25.8 Å². The van der Waals surface area contributed by atoms with Crippen molar-refractivity contribution in [3.05, 3.63) is 43.2 Å². The van der Waals surface area contributed by atoms with Crippen molar-refractivity contribution in [2.24, 2.45) is 13.0 Å². The molecule has 4 aromatic heterocycles. The zero-order valence-corrected chi connectivity index (χ0v) is 17.5. The lowest BCUT2D eigenvalue weighted by Gasteiger charge is -2.16. The number of halogens is 2. The van der Waals surface area contributed by atoms with Gasteiger partial charge in [-0.05, 0) is 6.92 Å². The molecular weight excluding hydrogens is 420 g/mol. The van der Waals surface area contributed by atoms with Gasteiger partial charge in [-0.15, -0.1) is 0 Å². The fourth-order valence-corrected chi connectivity index (χ4v) is 3.93. The molecule has 0 aromatic carbocycles. The van der Waals surface area contributed by atoms with Crippen LogP contribution >= 0.6 is 0 Å². The number of hydrogen-bond donors (Lipinski definition) is 0. The van der Waals surface area contributed by atoms with Crippen LogP contribution in [0.3, 0.4) is 0 Å². The number of rotatable bonds is 7. The minimum atomic E-state index is -2.81. The molecule has 0 amide bonds. The number of aromatic nitrogens is 7. The van der Waals surface area contributed by atoms with Crippen molar-refractivity contribution in [1.82, 2.24) is 33.9 Å². The first-order valence-corrected chi connectivity index (χ1v) is 10.3. The summed E-state index contributed by atoms with van der Waals surface area (Å²) >= 11 is 0. The lowest BCUT2D eigenvalue weighted by molar-refractivity contribution is -0.144. The Bertz CT molecular complexity index is 1290. The third-order valence-corrected chi connectivity index (χ3v) is 5.61. The summed E-state index contributed by atoms with van der Waals surface area (Å²) in [6.45, 7) is 1.88. The zero-order valence-electron chi connectivity index (χ0n) is 17.5. The normalized spacial score (nSPS) is 18.1. The highest BCUT2D eigenvalue weighted by atomic mass is 19.3. The number of esters is 1. The summed E-state index contributed by atoms with van der Waals surface area (Å²) in [5.41, 5.74) is 2.80. The van der Waals surface area contributed by atoms with Gasteiger partial charge in [-0.2, -0.15) is 10.2 Å². The van der Waals surface area contributed by atoms with Crippen molar-refractivity contribution in [3.8, 4) is 22.6 Å². The number of imidazole rings is 1. The van der Waals surface area contributed by atoms with E-state index < -0.39 is 23.9 Å². The third-order valence-electron chi connectivity index (χ3n) is 5.61. The maximum Gasteiger partial charge on any atom is 0.307 e. The van der Waals surface area contributed by atoms with Gasteiger partial charge in [-0.3, -0.25) is 18.6 Å². The Labute approximate surface area is 181 Å². The van der Waals surface area contributed by atoms with Gasteiger partial charge in [-0.1, -0.05) is 0 Å². The summed E-state index contributed by atoms with van der Waals surface area (Å²) in [6, 6.07) is 1.05. The fraction of sp³-hybridized carbons (Fsp3) is 0.381. The number of hydrogen-bond acceptors (Lipinski definition) is 6. The summed E-state index contributed by atoms with van der Waals surface area (Å²) in [5, 5.41) is 8.51. The quantitative estimate of drug-likeness (QED) is 0.409. The van der Waals surface area contributed by atoms with Gasteiger partial charge in [0.25, 0.3) is 5.92 Å². The van der Waals surface area contributed by atoms with Gasteiger partial charge in [-0.25, -0.2) is 18.7 Å². The highest BCUT2D eigenvalue weighted by Crippen LogP contribution is 2.55. The van der Waals surface area contributed by atoms with Gasteiger partial charge in [0, 0.05) is 49.9 Å². The molecule has 0 aliphatic heterocycles. The molecule has 1 fully saturated rings. The van der Waals surface area contributed by atoms with E-state index in [4.69, 9.17) is 9.72 Å². The molecule has 1 aliphatic rings. The molecule has 4 heterocycles. The van der Waals surface area contributed by atoms with E-state index in [1.165, 1.54) is 4.68 Å². The first kappa shape index (κ1) is 20.3. The van der Waals surface area contributed by atoms with Crippen LogP contribution < -0.4 is 0 Å². The van der Waals surface area contributed by atoms with Gasteiger partial charge in [0.1, 0.15) is 11.5 Å². The summed E-state index contributed by atoms with van der Waals surface area (Å²) in [5.74, 6) is -3.73. The molecule has 1 aliphatic carbocycles. The average Bonchev–Trinajstić information content (AvgIpc) is 3.26. The largest absolute Gasteiger partial charge is 0.466 e. The molecule has 2 atom stereocenters. The second-order valence-electron chi connectivity index (χ2n) is 7.88. The summed E-state index contributed by atoms with van der Waals surface area (Å²) in [7, 11) is 1.82. The monoisotopic (exact) mass is 441 g/mol. The Morgan fingerprint density at radius 3 is 2.75 bits per heavy atom. The summed E-state index contributed by atoms with van der Waals surface area (Å²) in [6.07, 6.45) is 9.75. The molecular formula is C21H21F2N7O2. The zero-order chi connectivity index (χ0) is 22.5. The van der Waals surface area contributed by atoms with Gasteiger partial charge in [0.2, 0.25) is 0 Å². The van der Waals surface area contributed by atoms with Gasteiger partial charge >= 0.3 is 5.97 Å². The van der Waals surface area contributed by atoms with Crippen molar-refractivity contribution in [2.45, 2.75) is 31.7 Å². The van der Waals surface area contributed by atoms with Crippen LogP contribution in [0.25, 0.3) is 28.3 Å². The Morgan fingerprint density at radius 2 is 2.06 bits per heavy atom. The average molecular weight is 441 g/mol. The number of carbonyl (C=O) groups is 1. The summed E-state index contributed by atoms with van der Waals surface area (Å²) < 4.78 is 37.7. The van der Waals surface area contributed by atoms with E-state index in [1.54, 1.807) is 47.0 Å². The third kappa shape index (κ3) is 3.63. The van der Waals surface area contributed by atoms with Crippen molar-refractivity contribution in [3.63, 3.8) is 0 Å². The van der Waals surface area contributed by atoms with E-state index in [0.717, 1.165) is 5.56 Å². The number of carbonyl (C=O) groups excluding carboxylic acids is 1. The minimum absolute atomic E-state index is 0.168. The second kappa shape index (κ2) is 7.50. The first-order chi connectivity index (χ1) is 15.4. The highest BCUT2D eigenvalue weighted by molar-refractivity contribution is 5.70. The predicted octanol–water partition coefficient (Wildman–Crippen LogP) is 3.14. The molecule has 1 saturated carbocycles. The molecule has 4 aromatic rings.